The van der Waals surface area contributed by atoms with E-state index in [4.69, 9.17) is 0 Å². The van der Waals surface area contributed by atoms with Crippen LogP contribution in [0.25, 0.3) is 0 Å². The Bertz CT molecular complexity index is 764. The molecule has 0 aliphatic rings. The van der Waals surface area contributed by atoms with E-state index < -0.39 is 23.3 Å². The number of anilines is 2. The van der Waals surface area contributed by atoms with Crippen molar-refractivity contribution in [2.24, 2.45) is 0 Å². The maximum Gasteiger partial charge on any atom is 0.319 e. The predicted molar refractivity (Wildman–Crippen MR) is 93.7 cm³/mol. The first-order valence-corrected chi connectivity index (χ1v) is 7.70. The molecule has 0 saturated carbocycles. The summed E-state index contributed by atoms with van der Waals surface area (Å²) in [6.45, 7) is 1.10. The quantitative estimate of drug-likeness (QED) is 0.777. The first kappa shape index (κ1) is 18.7. The molecule has 5 nitrogen and oxygen atoms in total. The Morgan fingerprint density at radius 1 is 1.20 bits per heavy atom. The number of halogens is 2. The summed E-state index contributed by atoms with van der Waals surface area (Å²) in [6, 6.07) is 9.58. The zero-order valence-electron chi connectivity index (χ0n) is 14.3. The zero-order valence-corrected chi connectivity index (χ0v) is 14.3. The summed E-state index contributed by atoms with van der Waals surface area (Å²) in [6.07, 6.45) is 0. The van der Waals surface area contributed by atoms with E-state index in [0.29, 0.717) is 11.8 Å². The van der Waals surface area contributed by atoms with Gasteiger partial charge < -0.3 is 20.6 Å². The van der Waals surface area contributed by atoms with Crippen LogP contribution in [0.4, 0.5) is 25.0 Å². The lowest BCUT2D eigenvalue weighted by Crippen LogP contribution is -2.41. The highest BCUT2D eigenvalue weighted by molar-refractivity contribution is 5.93. The molecule has 0 saturated heterocycles. The Balaban J connectivity index is 2.04. The third kappa shape index (κ3) is 4.67. The van der Waals surface area contributed by atoms with E-state index in [1.807, 2.05) is 31.1 Å². The maximum atomic E-state index is 13.8. The van der Waals surface area contributed by atoms with E-state index in [-0.39, 0.29) is 12.1 Å². The Morgan fingerprint density at radius 3 is 2.52 bits per heavy atom. The van der Waals surface area contributed by atoms with Crippen LogP contribution in [0.5, 0.6) is 0 Å². The molecule has 0 spiro atoms. The lowest BCUT2D eigenvalue weighted by molar-refractivity contribution is 0.0561. The number of rotatable bonds is 5. The fourth-order valence-electron chi connectivity index (χ4n) is 2.41. The van der Waals surface area contributed by atoms with Crippen molar-refractivity contribution in [1.82, 2.24) is 5.32 Å². The summed E-state index contributed by atoms with van der Waals surface area (Å²) in [4.78, 5) is 13.9. The second kappa shape index (κ2) is 7.48. The molecule has 1 atom stereocenters. The van der Waals surface area contributed by atoms with Gasteiger partial charge in [0.15, 0.2) is 0 Å². The third-order valence-electron chi connectivity index (χ3n) is 3.74. The molecule has 0 heterocycles. The monoisotopic (exact) mass is 349 g/mol. The number of nitrogens with zero attached hydrogens (tertiary/aromatic N) is 1. The van der Waals surface area contributed by atoms with Crippen LogP contribution in [0.2, 0.25) is 0 Å². The van der Waals surface area contributed by atoms with E-state index in [2.05, 4.69) is 10.6 Å². The molecule has 7 heteroatoms. The van der Waals surface area contributed by atoms with Crippen LogP contribution < -0.4 is 15.5 Å². The van der Waals surface area contributed by atoms with E-state index in [9.17, 15) is 18.7 Å². The van der Waals surface area contributed by atoms with Gasteiger partial charge in [0.2, 0.25) is 0 Å². The van der Waals surface area contributed by atoms with Crippen molar-refractivity contribution in [3.63, 3.8) is 0 Å². The van der Waals surface area contributed by atoms with E-state index in [0.717, 1.165) is 17.8 Å². The normalized spacial score (nSPS) is 13.0. The minimum Gasteiger partial charge on any atom is -0.383 e. The molecule has 0 fully saturated rings. The molecule has 2 amide bonds. The van der Waals surface area contributed by atoms with E-state index >= 15 is 0 Å². The van der Waals surface area contributed by atoms with Gasteiger partial charge in [0, 0.05) is 25.7 Å². The average Bonchev–Trinajstić information content (AvgIpc) is 2.53. The molecule has 0 aromatic heterocycles. The maximum absolute atomic E-state index is 13.8. The minimum atomic E-state index is -1.68. The molecule has 0 aliphatic heterocycles. The second-order valence-corrected chi connectivity index (χ2v) is 6.12. The number of para-hydroxylation sites is 2. The summed E-state index contributed by atoms with van der Waals surface area (Å²) in [5.41, 5.74) is -0.370. The van der Waals surface area contributed by atoms with Crippen molar-refractivity contribution in [2.75, 3.05) is 30.9 Å². The minimum absolute atomic E-state index is 0.0945. The number of urea groups is 1. The molecule has 25 heavy (non-hydrogen) atoms. The van der Waals surface area contributed by atoms with Crippen LogP contribution in [0.3, 0.4) is 0 Å². The van der Waals surface area contributed by atoms with Crippen LogP contribution >= 0.6 is 0 Å². The highest BCUT2D eigenvalue weighted by atomic mass is 19.1. The standard InChI is InChI=1S/C18H21F2N3O2/c1-18(25,13-9-8-12(19)10-14(13)20)11-21-17(24)22-15-6-4-5-7-16(15)23(2)3/h4-10,25H,11H2,1-3H3,(H2,21,22,24). The number of hydrogen-bond acceptors (Lipinski definition) is 3. The number of aliphatic hydroxyl groups is 1. The molecular formula is C18H21F2N3O2. The number of nitrogens with one attached hydrogen (secondary N) is 2. The van der Waals surface area contributed by atoms with Gasteiger partial charge in [-0.1, -0.05) is 18.2 Å². The van der Waals surface area contributed by atoms with E-state index in [1.54, 1.807) is 12.1 Å². The molecule has 2 rings (SSSR count). The average molecular weight is 349 g/mol. The van der Waals surface area contributed by atoms with Gasteiger partial charge in [-0.2, -0.15) is 0 Å². The molecule has 3 N–H and O–H groups in total. The lowest BCUT2D eigenvalue weighted by Gasteiger charge is -2.25. The fourth-order valence-corrected chi connectivity index (χ4v) is 2.41. The SMILES string of the molecule is CN(C)c1ccccc1NC(=O)NCC(C)(O)c1ccc(F)cc1F. The van der Waals surface area contributed by atoms with Crippen LogP contribution in [-0.4, -0.2) is 31.8 Å². The Hall–Kier alpha value is -2.67. The molecule has 0 bridgehead atoms. The van der Waals surface area contributed by atoms with Gasteiger partial charge in [-0.15, -0.1) is 0 Å². The van der Waals surface area contributed by atoms with Gasteiger partial charge >= 0.3 is 6.03 Å². The lowest BCUT2D eigenvalue weighted by atomic mass is 9.95. The topological polar surface area (TPSA) is 64.6 Å². The predicted octanol–water partition coefficient (Wildman–Crippen LogP) is 3.06. The molecular weight excluding hydrogens is 328 g/mol. The first-order valence-electron chi connectivity index (χ1n) is 7.70. The van der Waals surface area contributed by atoms with E-state index in [1.165, 1.54) is 6.92 Å². The molecule has 0 radical (unpaired) electrons. The number of benzene rings is 2. The molecule has 1 unspecified atom stereocenters. The van der Waals surface area contributed by atoms with Crippen LogP contribution in [0, 0.1) is 11.6 Å². The van der Waals surface area contributed by atoms with Crippen LogP contribution in [-0.2, 0) is 5.60 Å². The van der Waals surface area contributed by atoms with Crippen molar-refractivity contribution in [3.8, 4) is 0 Å². The Morgan fingerprint density at radius 2 is 1.88 bits per heavy atom. The highest BCUT2D eigenvalue weighted by Gasteiger charge is 2.27. The largest absolute Gasteiger partial charge is 0.383 e. The van der Waals surface area contributed by atoms with Gasteiger partial charge in [0.25, 0.3) is 0 Å². The third-order valence-corrected chi connectivity index (χ3v) is 3.74. The number of carbonyl (C=O) groups excluding carboxylic acids is 1. The van der Waals surface area contributed by atoms with Crippen molar-refractivity contribution in [3.05, 3.63) is 59.7 Å². The zero-order chi connectivity index (χ0) is 18.6. The van der Waals surface area contributed by atoms with Gasteiger partial charge in [0.05, 0.1) is 17.9 Å². The van der Waals surface area contributed by atoms with Gasteiger partial charge in [0.1, 0.15) is 17.2 Å². The number of amides is 2. The van der Waals surface area contributed by atoms with Gasteiger partial charge in [-0.25, -0.2) is 13.6 Å². The summed E-state index contributed by atoms with van der Waals surface area (Å²) in [5, 5.41) is 15.6. The number of hydrogen-bond donors (Lipinski definition) is 3. The summed E-state index contributed by atoms with van der Waals surface area (Å²) in [7, 11) is 3.70. The molecule has 2 aromatic carbocycles. The molecule has 2 aromatic rings. The number of carbonyl (C=O) groups is 1. The smallest absolute Gasteiger partial charge is 0.319 e. The summed E-state index contributed by atoms with van der Waals surface area (Å²) in [5.74, 6) is -1.60. The fraction of sp³-hybridized carbons (Fsp3) is 0.278. The van der Waals surface area contributed by atoms with Crippen molar-refractivity contribution >= 4 is 17.4 Å². The Kier molecular flexibility index (Phi) is 5.58. The highest BCUT2D eigenvalue weighted by Crippen LogP contribution is 2.25. The molecule has 0 aliphatic carbocycles. The van der Waals surface area contributed by atoms with Crippen LogP contribution in [0.15, 0.2) is 42.5 Å². The van der Waals surface area contributed by atoms with Gasteiger partial charge in [-0.05, 0) is 25.1 Å². The van der Waals surface area contributed by atoms with Crippen molar-refractivity contribution in [1.29, 1.82) is 0 Å². The van der Waals surface area contributed by atoms with Crippen molar-refractivity contribution < 1.29 is 18.7 Å². The Labute approximate surface area is 145 Å². The summed E-state index contributed by atoms with van der Waals surface area (Å²) < 4.78 is 26.8. The van der Waals surface area contributed by atoms with Crippen LogP contribution in [0.1, 0.15) is 12.5 Å². The summed E-state index contributed by atoms with van der Waals surface area (Å²) >= 11 is 0. The van der Waals surface area contributed by atoms with Crippen molar-refractivity contribution in [2.45, 2.75) is 12.5 Å². The first-order chi connectivity index (χ1) is 11.7. The second-order valence-electron chi connectivity index (χ2n) is 6.12. The molecule has 134 valence electrons. The van der Waals surface area contributed by atoms with Gasteiger partial charge in [-0.3, -0.25) is 0 Å².